The zero-order valence-corrected chi connectivity index (χ0v) is 13.0. The minimum Gasteiger partial charge on any atom is -0.352 e. The average Bonchev–Trinajstić information content (AvgIpc) is 2.94. The maximum atomic E-state index is 12.2. The Morgan fingerprint density at radius 3 is 3.00 bits per heavy atom. The molecule has 0 spiro atoms. The topological polar surface area (TPSA) is 41.1 Å². The predicted molar refractivity (Wildman–Crippen MR) is 85.1 cm³/mol. The SMILES string of the molecule is CC1CCCC(CCNC(=O)c2ccc3c(c2)CNC3)C1. The summed E-state index contributed by atoms with van der Waals surface area (Å²) >= 11 is 0. The van der Waals surface area contributed by atoms with E-state index in [0.29, 0.717) is 0 Å². The molecule has 3 nitrogen and oxygen atoms in total. The third kappa shape index (κ3) is 3.65. The van der Waals surface area contributed by atoms with Crippen LogP contribution in [0.25, 0.3) is 0 Å². The fourth-order valence-corrected chi connectivity index (χ4v) is 3.75. The number of hydrogen-bond acceptors (Lipinski definition) is 2. The summed E-state index contributed by atoms with van der Waals surface area (Å²) in [5.41, 5.74) is 3.39. The molecular formula is C18H26N2O. The Morgan fingerprint density at radius 2 is 2.14 bits per heavy atom. The van der Waals surface area contributed by atoms with E-state index in [1.807, 2.05) is 12.1 Å². The fraction of sp³-hybridized carbons (Fsp3) is 0.611. The van der Waals surface area contributed by atoms with Gasteiger partial charge in [-0.2, -0.15) is 0 Å². The molecule has 0 radical (unpaired) electrons. The van der Waals surface area contributed by atoms with Crippen molar-refractivity contribution in [2.75, 3.05) is 6.54 Å². The van der Waals surface area contributed by atoms with Crippen molar-refractivity contribution in [2.24, 2.45) is 11.8 Å². The first kappa shape index (κ1) is 14.6. The molecule has 1 amide bonds. The van der Waals surface area contributed by atoms with Gasteiger partial charge in [0.1, 0.15) is 0 Å². The maximum Gasteiger partial charge on any atom is 0.251 e. The molecular weight excluding hydrogens is 260 g/mol. The summed E-state index contributed by atoms with van der Waals surface area (Å²) in [5, 5.41) is 6.41. The lowest BCUT2D eigenvalue weighted by Crippen LogP contribution is -2.27. The molecule has 1 aromatic carbocycles. The molecule has 1 aliphatic carbocycles. The summed E-state index contributed by atoms with van der Waals surface area (Å²) in [4.78, 5) is 12.2. The van der Waals surface area contributed by atoms with Crippen LogP contribution in [0, 0.1) is 11.8 Å². The maximum absolute atomic E-state index is 12.2. The van der Waals surface area contributed by atoms with Gasteiger partial charge in [-0.15, -0.1) is 0 Å². The zero-order chi connectivity index (χ0) is 14.7. The second-order valence-corrected chi connectivity index (χ2v) is 6.77. The zero-order valence-electron chi connectivity index (χ0n) is 13.0. The first-order valence-corrected chi connectivity index (χ1v) is 8.33. The molecule has 0 bridgehead atoms. The molecule has 3 rings (SSSR count). The van der Waals surface area contributed by atoms with Crippen LogP contribution in [0.5, 0.6) is 0 Å². The minimum absolute atomic E-state index is 0.0774. The Balaban J connectivity index is 1.48. The number of hydrogen-bond donors (Lipinski definition) is 2. The van der Waals surface area contributed by atoms with Gasteiger partial charge in [0.25, 0.3) is 5.91 Å². The second kappa shape index (κ2) is 6.61. The van der Waals surface area contributed by atoms with Crippen LogP contribution in [0.2, 0.25) is 0 Å². The third-order valence-electron chi connectivity index (χ3n) is 4.98. The molecule has 1 fully saturated rings. The lowest BCUT2D eigenvalue weighted by molar-refractivity contribution is 0.0949. The lowest BCUT2D eigenvalue weighted by atomic mass is 9.81. The summed E-state index contributed by atoms with van der Waals surface area (Å²) in [6, 6.07) is 6.06. The van der Waals surface area contributed by atoms with Crippen molar-refractivity contribution in [2.45, 2.75) is 52.1 Å². The first-order chi connectivity index (χ1) is 10.2. The molecule has 3 heteroatoms. The number of fused-ring (bicyclic) bond motifs is 1. The van der Waals surface area contributed by atoms with E-state index in [1.54, 1.807) is 0 Å². The average molecular weight is 286 g/mol. The minimum atomic E-state index is 0.0774. The second-order valence-electron chi connectivity index (χ2n) is 6.77. The van der Waals surface area contributed by atoms with Crippen molar-refractivity contribution in [3.63, 3.8) is 0 Å². The van der Waals surface area contributed by atoms with Crippen LogP contribution in [0.3, 0.4) is 0 Å². The van der Waals surface area contributed by atoms with E-state index in [1.165, 1.54) is 36.8 Å². The highest BCUT2D eigenvalue weighted by atomic mass is 16.1. The number of amides is 1. The summed E-state index contributed by atoms with van der Waals surface area (Å²) in [7, 11) is 0. The molecule has 1 aliphatic heterocycles. The highest BCUT2D eigenvalue weighted by Gasteiger charge is 2.19. The molecule has 1 heterocycles. The number of nitrogens with one attached hydrogen (secondary N) is 2. The van der Waals surface area contributed by atoms with Crippen molar-refractivity contribution in [1.82, 2.24) is 10.6 Å². The van der Waals surface area contributed by atoms with E-state index < -0.39 is 0 Å². The largest absolute Gasteiger partial charge is 0.352 e. The van der Waals surface area contributed by atoms with Gasteiger partial charge in [0.2, 0.25) is 0 Å². The molecule has 1 aromatic rings. The van der Waals surface area contributed by atoms with Crippen molar-refractivity contribution in [3.8, 4) is 0 Å². The Kier molecular flexibility index (Phi) is 4.59. The standard InChI is InChI=1S/C18H26N2O/c1-13-3-2-4-14(9-13)7-8-20-18(21)15-5-6-16-11-19-12-17(16)10-15/h5-6,10,13-14,19H,2-4,7-9,11-12H2,1H3,(H,20,21). The number of benzene rings is 1. The number of carbonyl (C=O) groups is 1. The highest BCUT2D eigenvalue weighted by molar-refractivity contribution is 5.94. The van der Waals surface area contributed by atoms with Crippen LogP contribution in [0.1, 0.15) is 60.5 Å². The van der Waals surface area contributed by atoms with Crippen molar-refractivity contribution in [1.29, 1.82) is 0 Å². The van der Waals surface area contributed by atoms with Gasteiger partial charge in [0.05, 0.1) is 0 Å². The summed E-state index contributed by atoms with van der Waals surface area (Å²) < 4.78 is 0. The number of rotatable bonds is 4. The van der Waals surface area contributed by atoms with E-state index in [-0.39, 0.29) is 5.91 Å². The number of carbonyl (C=O) groups excluding carboxylic acids is 1. The smallest absolute Gasteiger partial charge is 0.251 e. The van der Waals surface area contributed by atoms with E-state index in [4.69, 9.17) is 0 Å². The van der Waals surface area contributed by atoms with Gasteiger partial charge in [-0.3, -0.25) is 4.79 Å². The molecule has 2 N–H and O–H groups in total. The summed E-state index contributed by atoms with van der Waals surface area (Å²) in [5.74, 6) is 1.75. The van der Waals surface area contributed by atoms with Gasteiger partial charge < -0.3 is 10.6 Å². The Labute approximate surface area is 127 Å². The van der Waals surface area contributed by atoms with Gasteiger partial charge in [0, 0.05) is 25.2 Å². The molecule has 2 unspecified atom stereocenters. The molecule has 0 aromatic heterocycles. The Morgan fingerprint density at radius 1 is 1.29 bits per heavy atom. The van der Waals surface area contributed by atoms with Crippen LogP contribution >= 0.6 is 0 Å². The third-order valence-corrected chi connectivity index (χ3v) is 4.98. The van der Waals surface area contributed by atoms with Gasteiger partial charge in [0.15, 0.2) is 0 Å². The quantitative estimate of drug-likeness (QED) is 0.892. The Hall–Kier alpha value is -1.35. The van der Waals surface area contributed by atoms with Gasteiger partial charge in [-0.1, -0.05) is 32.3 Å². The normalized spacial score (nSPS) is 24.6. The van der Waals surface area contributed by atoms with E-state index in [2.05, 4.69) is 23.6 Å². The summed E-state index contributed by atoms with van der Waals surface area (Å²) in [6.45, 7) is 4.97. The molecule has 114 valence electrons. The van der Waals surface area contributed by atoms with Gasteiger partial charge in [-0.25, -0.2) is 0 Å². The highest BCUT2D eigenvalue weighted by Crippen LogP contribution is 2.30. The van der Waals surface area contributed by atoms with Crippen molar-refractivity contribution in [3.05, 3.63) is 34.9 Å². The molecule has 1 saturated carbocycles. The molecule has 2 aliphatic rings. The van der Waals surface area contributed by atoms with Crippen LogP contribution < -0.4 is 10.6 Å². The predicted octanol–water partition coefficient (Wildman–Crippen LogP) is 3.24. The van der Waals surface area contributed by atoms with Gasteiger partial charge >= 0.3 is 0 Å². The summed E-state index contributed by atoms with van der Waals surface area (Å²) in [6.07, 6.45) is 6.54. The van der Waals surface area contributed by atoms with E-state index in [0.717, 1.165) is 43.5 Å². The molecule has 2 atom stereocenters. The van der Waals surface area contributed by atoms with Crippen LogP contribution in [0.15, 0.2) is 18.2 Å². The molecule has 21 heavy (non-hydrogen) atoms. The monoisotopic (exact) mass is 286 g/mol. The van der Waals surface area contributed by atoms with E-state index >= 15 is 0 Å². The van der Waals surface area contributed by atoms with Gasteiger partial charge in [-0.05, 0) is 47.9 Å². The van der Waals surface area contributed by atoms with E-state index in [9.17, 15) is 4.79 Å². The van der Waals surface area contributed by atoms with Crippen molar-refractivity contribution >= 4 is 5.91 Å². The van der Waals surface area contributed by atoms with Crippen LogP contribution in [-0.4, -0.2) is 12.5 Å². The Bertz CT molecular complexity index is 512. The van der Waals surface area contributed by atoms with Crippen molar-refractivity contribution < 1.29 is 4.79 Å². The van der Waals surface area contributed by atoms with Crippen LogP contribution in [-0.2, 0) is 13.1 Å². The van der Waals surface area contributed by atoms with Crippen LogP contribution in [0.4, 0.5) is 0 Å². The lowest BCUT2D eigenvalue weighted by Gasteiger charge is -2.26. The molecule has 0 saturated heterocycles. The fourth-order valence-electron chi connectivity index (χ4n) is 3.75. The first-order valence-electron chi connectivity index (χ1n) is 8.33.